The highest BCUT2D eigenvalue weighted by molar-refractivity contribution is 14.0. The zero-order valence-electron chi connectivity index (χ0n) is 18.3. The molecule has 1 N–H and O–H groups in total. The maximum Gasteiger partial charge on any atom is 0.225 e. The first-order chi connectivity index (χ1) is 13.7. The van der Waals surface area contributed by atoms with E-state index in [-0.39, 0.29) is 24.0 Å². The number of piperidine rings is 1. The maximum atomic E-state index is 4.93. The van der Waals surface area contributed by atoms with Gasteiger partial charge in [-0.25, -0.2) is 9.97 Å². The molecule has 0 aromatic carbocycles. The first-order valence-electron chi connectivity index (χ1n) is 10.9. The van der Waals surface area contributed by atoms with Gasteiger partial charge in [-0.2, -0.15) is 0 Å². The minimum absolute atomic E-state index is 0. The summed E-state index contributed by atoms with van der Waals surface area (Å²) in [6.07, 6.45) is 6.07. The van der Waals surface area contributed by atoms with Crippen molar-refractivity contribution in [2.45, 2.75) is 33.6 Å². The quantitative estimate of drug-likeness (QED) is 0.272. The van der Waals surface area contributed by atoms with E-state index in [9.17, 15) is 0 Å². The summed E-state index contributed by atoms with van der Waals surface area (Å²) in [6.45, 7) is 16.2. The number of hydrogen-bond donors (Lipinski definition) is 1. The standard InChI is InChI=1S/C21H37N7.HI/c1-4-22-20(28-16-18(2)15-19(3)17-28)25-9-6-10-26-11-13-27(14-12-26)21-23-7-5-8-24-21;/h5,7-8,18-19H,4,6,9-17H2,1-3H3,(H,22,25);1H. The second-order valence-corrected chi connectivity index (χ2v) is 8.32. The lowest BCUT2D eigenvalue weighted by atomic mass is 9.92. The van der Waals surface area contributed by atoms with E-state index >= 15 is 0 Å². The number of hydrogen-bond acceptors (Lipinski definition) is 5. The van der Waals surface area contributed by atoms with Gasteiger partial charge in [0.1, 0.15) is 0 Å². The molecule has 3 rings (SSSR count). The molecule has 2 aliphatic heterocycles. The molecular weight excluding hydrogens is 477 g/mol. The fourth-order valence-corrected chi connectivity index (χ4v) is 4.37. The van der Waals surface area contributed by atoms with E-state index in [0.29, 0.717) is 0 Å². The van der Waals surface area contributed by atoms with Crippen LogP contribution in [0.25, 0.3) is 0 Å². The Morgan fingerprint density at radius 1 is 1.10 bits per heavy atom. The van der Waals surface area contributed by atoms with Gasteiger partial charge in [0.2, 0.25) is 5.95 Å². The van der Waals surface area contributed by atoms with Gasteiger partial charge in [0.15, 0.2) is 5.96 Å². The second-order valence-electron chi connectivity index (χ2n) is 8.32. The zero-order chi connectivity index (χ0) is 19.8. The van der Waals surface area contributed by atoms with Crippen molar-refractivity contribution in [1.82, 2.24) is 25.1 Å². The summed E-state index contributed by atoms with van der Waals surface area (Å²) in [7, 11) is 0. The topological polar surface area (TPSA) is 59.9 Å². The van der Waals surface area contributed by atoms with E-state index in [1.807, 2.05) is 18.5 Å². The summed E-state index contributed by atoms with van der Waals surface area (Å²) < 4.78 is 0. The lowest BCUT2D eigenvalue weighted by Crippen LogP contribution is -2.48. The first-order valence-corrected chi connectivity index (χ1v) is 10.9. The van der Waals surface area contributed by atoms with Crippen molar-refractivity contribution in [2.24, 2.45) is 16.8 Å². The van der Waals surface area contributed by atoms with Crippen molar-refractivity contribution in [1.29, 1.82) is 0 Å². The van der Waals surface area contributed by atoms with Crippen LogP contribution in [0.15, 0.2) is 23.5 Å². The van der Waals surface area contributed by atoms with Crippen molar-refractivity contribution in [3.63, 3.8) is 0 Å². The minimum Gasteiger partial charge on any atom is -0.357 e. The fourth-order valence-electron chi connectivity index (χ4n) is 4.37. The third-order valence-electron chi connectivity index (χ3n) is 5.60. The second kappa shape index (κ2) is 12.5. The van der Waals surface area contributed by atoms with Crippen molar-refractivity contribution in [3.8, 4) is 0 Å². The van der Waals surface area contributed by atoms with Crippen LogP contribution in [-0.4, -0.2) is 84.6 Å². The van der Waals surface area contributed by atoms with Crippen molar-refractivity contribution in [2.75, 3.05) is 63.8 Å². The van der Waals surface area contributed by atoms with Gasteiger partial charge in [-0.3, -0.25) is 9.89 Å². The molecule has 7 nitrogen and oxygen atoms in total. The lowest BCUT2D eigenvalue weighted by Gasteiger charge is -2.37. The molecule has 2 fully saturated rings. The van der Waals surface area contributed by atoms with Crippen molar-refractivity contribution in [3.05, 3.63) is 18.5 Å². The van der Waals surface area contributed by atoms with Gasteiger partial charge < -0.3 is 15.1 Å². The zero-order valence-corrected chi connectivity index (χ0v) is 20.6. The molecule has 29 heavy (non-hydrogen) atoms. The molecule has 0 spiro atoms. The third-order valence-corrected chi connectivity index (χ3v) is 5.60. The number of piperazine rings is 1. The van der Waals surface area contributed by atoms with Gasteiger partial charge in [0.25, 0.3) is 0 Å². The van der Waals surface area contributed by atoms with E-state index < -0.39 is 0 Å². The summed E-state index contributed by atoms with van der Waals surface area (Å²) in [6, 6.07) is 1.87. The fraction of sp³-hybridized carbons (Fsp3) is 0.762. The normalized spacial score (nSPS) is 23.6. The molecule has 0 amide bonds. The van der Waals surface area contributed by atoms with Crippen LogP contribution in [0.2, 0.25) is 0 Å². The number of nitrogens with one attached hydrogen (secondary N) is 1. The summed E-state index contributed by atoms with van der Waals surface area (Å²) in [5.74, 6) is 3.45. The monoisotopic (exact) mass is 515 g/mol. The van der Waals surface area contributed by atoms with E-state index in [0.717, 1.165) is 89.1 Å². The molecule has 2 aliphatic rings. The highest BCUT2D eigenvalue weighted by atomic mass is 127. The molecule has 0 radical (unpaired) electrons. The Labute approximate surface area is 193 Å². The van der Waals surface area contributed by atoms with E-state index in [2.05, 4.69) is 50.8 Å². The lowest BCUT2D eigenvalue weighted by molar-refractivity contribution is 0.208. The summed E-state index contributed by atoms with van der Waals surface area (Å²) >= 11 is 0. The highest BCUT2D eigenvalue weighted by Crippen LogP contribution is 2.21. The molecule has 8 heteroatoms. The predicted molar refractivity (Wildman–Crippen MR) is 131 cm³/mol. The number of nitrogens with zero attached hydrogens (tertiary/aromatic N) is 6. The molecule has 0 saturated carbocycles. The van der Waals surface area contributed by atoms with Gasteiger partial charge in [-0.1, -0.05) is 13.8 Å². The van der Waals surface area contributed by atoms with Gasteiger partial charge in [0.05, 0.1) is 0 Å². The number of rotatable bonds is 6. The summed E-state index contributed by atoms with van der Waals surface area (Å²) in [4.78, 5) is 20.9. The first kappa shape index (κ1) is 24.1. The number of guanidine groups is 1. The molecule has 1 aromatic heterocycles. The number of anilines is 1. The van der Waals surface area contributed by atoms with Gasteiger partial charge >= 0.3 is 0 Å². The number of halogens is 1. The molecule has 0 bridgehead atoms. The highest BCUT2D eigenvalue weighted by Gasteiger charge is 2.24. The molecule has 1 aromatic rings. The Balaban J connectivity index is 0.00000300. The van der Waals surface area contributed by atoms with Crippen LogP contribution >= 0.6 is 24.0 Å². The summed E-state index contributed by atoms with van der Waals surface area (Å²) in [5.41, 5.74) is 0. The molecule has 3 heterocycles. The van der Waals surface area contributed by atoms with Crippen LogP contribution in [-0.2, 0) is 0 Å². The van der Waals surface area contributed by atoms with Crippen LogP contribution in [0.4, 0.5) is 5.95 Å². The van der Waals surface area contributed by atoms with Crippen LogP contribution in [0, 0.1) is 11.8 Å². The molecular formula is C21H38IN7. The number of likely N-dealkylation sites (tertiary alicyclic amines) is 1. The average Bonchev–Trinajstić information content (AvgIpc) is 2.71. The Kier molecular flexibility index (Phi) is 10.4. The largest absolute Gasteiger partial charge is 0.357 e. The Hall–Kier alpha value is -1.16. The number of aliphatic imine (C=N–C) groups is 1. The van der Waals surface area contributed by atoms with Gasteiger partial charge in [0, 0.05) is 71.3 Å². The SMILES string of the molecule is CCNC(=NCCCN1CCN(c2ncccn2)CC1)N1CC(C)CC(C)C1.I. The number of aromatic nitrogens is 2. The molecule has 164 valence electrons. The maximum absolute atomic E-state index is 4.93. The third kappa shape index (κ3) is 7.55. The Morgan fingerprint density at radius 2 is 1.76 bits per heavy atom. The van der Waals surface area contributed by atoms with E-state index in [1.54, 1.807) is 0 Å². The van der Waals surface area contributed by atoms with E-state index in [4.69, 9.17) is 4.99 Å². The molecule has 0 aliphatic carbocycles. The van der Waals surface area contributed by atoms with Crippen LogP contribution in [0.3, 0.4) is 0 Å². The van der Waals surface area contributed by atoms with Gasteiger partial charge in [-0.15, -0.1) is 24.0 Å². The average molecular weight is 515 g/mol. The molecule has 2 atom stereocenters. The van der Waals surface area contributed by atoms with Crippen molar-refractivity contribution < 1.29 is 0 Å². The van der Waals surface area contributed by atoms with Crippen LogP contribution in [0.1, 0.15) is 33.6 Å². The van der Waals surface area contributed by atoms with Gasteiger partial charge in [-0.05, 0) is 37.7 Å². The molecule has 2 saturated heterocycles. The van der Waals surface area contributed by atoms with E-state index in [1.165, 1.54) is 6.42 Å². The van der Waals surface area contributed by atoms with Crippen LogP contribution < -0.4 is 10.2 Å². The Morgan fingerprint density at radius 3 is 2.38 bits per heavy atom. The summed E-state index contributed by atoms with van der Waals surface area (Å²) in [5, 5.41) is 3.50. The predicted octanol–water partition coefficient (Wildman–Crippen LogP) is 2.55. The van der Waals surface area contributed by atoms with Crippen LogP contribution in [0.5, 0.6) is 0 Å². The molecule has 2 unspecified atom stereocenters. The van der Waals surface area contributed by atoms with Crippen molar-refractivity contribution >= 4 is 35.9 Å². The Bertz CT molecular complexity index is 594. The smallest absolute Gasteiger partial charge is 0.225 e. The minimum atomic E-state index is 0.